The predicted octanol–water partition coefficient (Wildman–Crippen LogP) is 7.84. The van der Waals surface area contributed by atoms with Crippen LogP contribution in [0.25, 0.3) is 5.57 Å². The first kappa shape index (κ1) is 45.1. The van der Waals surface area contributed by atoms with Gasteiger partial charge in [-0.15, -0.1) is 11.3 Å². The normalized spacial score (nSPS) is 12.2. The Hall–Kier alpha value is -3.92. The number of piperazine rings is 1. The predicted molar refractivity (Wildman–Crippen MR) is 213 cm³/mol. The first-order chi connectivity index (χ1) is 23.5. The number of carbonyl (C=O) groups excluding carboxylic acids is 1. The number of aryl methyl sites for hydroxylation is 2. The maximum absolute atomic E-state index is 11.8. The summed E-state index contributed by atoms with van der Waals surface area (Å²) in [6.07, 6.45) is 5.98. The van der Waals surface area contributed by atoms with Crippen LogP contribution in [0.5, 0.6) is 0 Å². The minimum atomic E-state index is -0.354. The van der Waals surface area contributed by atoms with Gasteiger partial charge in [-0.1, -0.05) is 71.5 Å². The molecule has 2 aromatic heterocycles. The fraction of sp³-hybridized carbons (Fsp3) is 0.450. The van der Waals surface area contributed by atoms with E-state index in [0.29, 0.717) is 23.7 Å². The molecule has 3 aromatic rings. The van der Waals surface area contributed by atoms with Crippen molar-refractivity contribution in [3.8, 4) is 0 Å². The Morgan fingerprint density at radius 2 is 1.61 bits per heavy atom. The molecule has 1 aliphatic rings. The third kappa shape index (κ3) is 15.4. The molecule has 4 rings (SSSR count). The van der Waals surface area contributed by atoms with Gasteiger partial charge in [-0.05, 0) is 94.6 Å². The molecular weight excluding hydrogens is 631 g/mol. The zero-order valence-corrected chi connectivity index (χ0v) is 32.7. The van der Waals surface area contributed by atoms with Crippen molar-refractivity contribution in [3.63, 3.8) is 0 Å². The van der Waals surface area contributed by atoms with Crippen LogP contribution in [0.1, 0.15) is 93.9 Å². The number of hydrogen-bond donors (Lipinski definition) is 2. The van der Waals surface area contributed by atoms with E-state index in [9.17, 15) is 14.4 Å². The summed E-state index contributed by atoms with van der Waals surface area (Å²) in [7, 11) is 1.95. The van der Waals surface area contributed by atoms with Crippen LogP contribution in [0.3, 0.4) is 0 Å². The van der Waals surface area contributed by atoms with Crippen molar-refractivity contribution in [1.82, 2.24) is 20.5 Å². The molecule has 0 saturated carbocycles. The summed E-state index contributed by atoms with van der Waals surface area (Å²) in [5.74, 6) is -0.0434. The summed E-state index contributed by atoms with van der Waals surface area (Å²) in [5.41, 5.74) is 4.83. The average Bonchev–Trinajstić information content (AvgIpc) is 3.68. The second-order valence-corrected chi connectivity index (χ2v) is 11.9. The van der Waals surface area contributed by atoms with E-state index in [1.54, 1.807) is 18.3 Å². The van der Waals surface area contributed by atoms with Crippen LogP contribution in [-0.4, -0.2) is 55.1 Å². The zero-order chi connectivity index (χ0) is 37.4. The summed E-state index contributed by atoms with van der Waals surface area (Å²) >= 11 is 1.44. The molecule has 1 saturated heterocycles. The molecule has 2 N–H and O–H groups in total. The third-order valence-corrected chi connectivity index (χ3v) is 8.24. The molecule has 3 heterocycles. The summed E-state index contributed by atoms with van der Waals surface area (Å²) in [4.78, 5) is 44.1. The highest BCUT2D eigenvalue weighted by Crippen LogP contribution is 2.25. The molecule has 0 bridgehead atoms. The Kier molecular flexibility index (Phi) is 23.9. The number of hydrogen-bond acceptors (Lipinski definition) is 8. The Labute approximate surface area is 300 Å². The van der Waals surface area contributed by atoms with Crippen LogP contribution in [0, 0.1) is 13.8 Å². The Balaban J connectivity index is 0.000000691. The highest BCUT2D eigenvalue weighted by atomic mass is 32.1. The molecule has 1 fully saturated rings. The number of aromatic nitrogens is 1. The first-order valence-electron chi connectivity index (χ1n) is 17.4. The summed E-state index contributed by atoms with van der Waals surface area (Å²) < 4.78 is 0. The molecule has 49 heavy (non-hydrogen) atoms. The molecule has 8 nitrogen and oxygen atoms in total. The van der Waals surface area contributed by atoms with E-state index in [1.165, 1.54) is 22.5 Å². The lowest BCUT2D eigenvalue weighted by Gasteiger charge is -2.39. The smallest absolute Gasteiger partial charge is 0.265 e. The van der Waals surface area contributed by atoms with Crippen molar-refractivity contribution in [2.45, 2.75) is 88.2 Å². The molecule has 0 radical (unpaired) electrons. The van der Waals surface area contributed by atoms with E-state index in [4.69, 9.17) is 0 Å². The van der Waals surface area contributed by atoms with Gasteiger partial charge in [0.15, 0.2) is 0 Å². The van der Waals surface area contributed by atoms with Crippen LogP contribution in [0.2, 0.25) is 0 Å². The highest BCUT2D eigenvalue weighted by Gasteiger charge is 2.29. The van der Waals surface area contributed by atoms with Crippen molar-refractivity contribution in [2.75, 3.05) is 38.1 Å². The van der Waals surface area contributed by atoms with Crippen molar-refractivity contribution in [2.24, 2.45) is 0 Å². The average molecular weight is 692 g/mol. The molecule has 1 aromatic carbocycles. The third-order valence-electron chi connectivity index (χ3n) is 7.37. The minimum Gasteiger partial charge on any atom is -0.365 e. The Morgan fingerprint density at radius 3 is 2.14 bits per heavy atom. The van der Waals surface area contributed by atoms with E-state index < -0.39 is 0 Å². The van der Waals surface area contributed by atoms with Gasteiger partial charge >= 0.3 is 0 Å². The van der Waals surface area contributed by atoms with Gasteiger partial charge in [-0.2, -0.15) is 0 Å². The van der Waals surface area contributed by atoms with Crippen molar-refractivity contribution < 1.29 is 4.79 Å². The lowest BCUT2D eigenvalue weighted by atomic mass is 9.96. The zero-order valence-electron chi connectivity index (χ0n) is 31.9. The molecule has 1 aliphatic heterocycles. The van der Waals surface area contributed by atoms with E-state index in [0.717, 1.165) is 48.9 Å². The summed E-state index contributed by atoms with van der Waals surface area (Å²) in [6, 6.07) is 14.4. The first-order valence-corrected chi connectivity index (χ1v) is 18.3. The van der Waals surface area contributed by atoms with Crippen molar-refractivity contribution in [3.05, 3.63) is 121 Å². The molecule has 1 amide bonds. The molecule has 0 atom stereocenters. The quantitative estimate of drug-likeness (QED) is 0.233. The molecule has 270 valence electrons. The lowest BCUT2D eigenvalue weighted by molar-refractivity contribution is 0.0974. The van der Waals surface area contributed by atoms with Crippen molar-refractivity contribution in [1.29, 1.82) is 0 Å². The summed E-state index contributed by atoms with van der Waals surface area (Å²) in [5, 5.41) is 7.66. The fourth-order valence-corrected chi connectivity index (χ4v) is 5.22. The number of nitrogens with zero attached hydrogens (tertiary/aromatic N) is 3. The molecule has 0 unspecified atom stereocenters. The number of nitrogens with one attached hydrogen (secondary N) is 2. The Morgan fingerprint density at radius 1 is 0.980 bits per heavy atom. The fourth-order valence-electron chi connectivity index (χ4n) is 4.60. The van der Waals surface area contributed by atoms with Crippen molar-refractivity contribution >= 4 is 28.5 Å². The van der Waals surface area contributed by atoms with E-state index >= 15 is 0 Å². The van der Waals surface area contributed by atoms with Crippen LogP contribution in [-0.2, 0) is 6.54 Å². The highest BCUT2D eigenvalue weighted by molar-refractivity contribution is 7.12. The lowest BCUT2D eigenvalue weighted by Crippen LogP contribution is -2.53. The largest absolute Gasteiger partial charge is 0.365 e. The van der Waals surface area contributed by atoms with Gasteiger partial charge in [0.1, 0.15) is 5.69 Å². The number of amides is 1. The van der Waals surface area contributed by atoms with E-state index in [1.807, 2.05) is 91.4 Å². The molecule has 0 aliphatic carbocycles. The molecular formula is C40H61N5O3S. The number of anilines is 1. The molecule has 9 heteroatoms. The second-order valence-electron chi connectivity index (χ2n) is 10.9. The van der Waals surface area contributed by atoms with Crippen LogP contribution in [0.4, 0.5) is 5.69 Å². The Bertz CT molecular complexity index is 1530. The monoisotopic (exact) mass is 691 g/mol. The van der Waals surface area contributed by atoms with Gasteiger partial charge in [0.25, 0.3) is 5.91 Å². The minimum absolute atomic E-state index is 0.0434. The number of rotatable bonds is 8. The van der Waals surface area contributed by atoms with Crippen LogP contribution >= 0.6 is 11.3 Å². The van der Waals surface area contributed by atoms with Gasteiger partial charge in [0.05, 0.1) is 10.4 Å². The van der Waals surface area contributed by atoms with E-state index in [2.05, 4.69) is 64.9 Å². The van der Waals surface area contributed by atoms with Gasteiger partial charge in [-0.25, -0.2) is 0 Å². The maximum Gasteiger partial charge on any atom is 0.265 e. The number of allylic oxidation sites excluding steroid dienone is 2. The standard InChI is InChI=1S/C15H22N2O2.C13H18N2.C8H9NOS.2C2H6/c1-5-11(4)12-13(15(19)14(12)18)17-8-6-16(7-9-17)10(2)3;1-11-6-4-5-7-12(2)15-9-8-13(11)10-14-3;1-2-5-9-8(10)7-4-3-6-11-7;2*1-2/h10H,4-9H2,1-3H3;4-9,14H,10H2,1-3H3;2-6H,1H3,(H,9,10);2*1-2H3/b;;5-2+;;. The number of thiophene rings is 1. The van der Waals surface area contributed by atoms with Gasteiger partial charge in [0, 0.05) is 50.7 Å². The van der Waals surface area contributed by atoms with E-state index in [-0.39, 0.29) is 16.8 Å². The molecule has 0 spiro atoms. The SMILES string of the molecule is C/C=C/NC(=O)c1cccs1.C=C(CC)c1c(N2CCN(C(C)C)CC2)c(=O)c1=O.CC.CC.CNCc1ccnc(C)ccccc1C. The van der Waals surface area contributed by atoms with Gasteiger partial charge in [0.2, 0.25) is 10.9 Å². The second kappa shape index (κ2) is 26.0. The van der Waals surface area contributed by atoms with Gasteiger partial charge < -0.3 is 15.5 Å². The summed E-state index contributed by atoms with van der Waals surface area (Å²) in [6.45, 7) is 28.5. The number of carbonyl (C=O) groups is 1. The van der Waals surface area contributed by atoms with Crippen LogP contribution in [0.15, 0.2) is 82.5 Å². The topological polar surface area (TPSA) is 94.6 Å². The van der Waals surface area contributed by atoms with Gasteiger partial charge in [-0.3, -0.25) is 24.3 Å². The van der Waals surface area contributed by atoms with Crippen LogP contribution < -0.4 is 26.4 Å². The maximum atomic E-state index is 11.8.